The molecule has 1 aromatic rings. The fourth-order valence-corrected chi connectivity index (χ4v) is 2.70. The van der Waals surface area contributed by atoms with Crippen molar-refractivity contribution in [3.05, 3.63) is 35.4 Å². The number of hydrogen-bond donors (Lipinski definition) is 2. The Morgan fingerprint density at radius 1 is 1.20 bits per heavy atom. The van der Waals surface area contributed by atoms with Crippen molar-refractivity contribution in [3.8, 4) is 0 Å². The molecule has 0 heterocycles. The standard InChI is InChI=1S/C15H20F2N2O/c16-11-7-10(8-12(17)9-11)5-6-19-15(20)13-3-1-2-4-14(13)18/h7-9,13-14H,1-6,18H2,(H,19,20). The number of benzene rings is 1. The van der Waals surface area contributed by atoms with Crippen molar-refractivity contribution in [3.63, 3.8) is 0 Å². The average molecular weight is 282 g/mol. The van der Waals surface area contributed by atoms with E-state index >= 15 is 0 Å². The Labute approximate surface area is 117 Å². The van der Waals surface area contributed by atoms with E-state index in [1.807, 2.05) is 0 Å². The Hall–Kier alpha value is -1.49. The molecule has 0 bridgehead atoms. The zero-order valence-corrected chi connectivity index (χ0v) is 11.4. The number of nitrogens with one attached hydrogen (secondary N) is 1. The highest BCUT2D eigenvalue weighted by molar-refractivity contribution is 5.79. The third kappa shape index (κ3) is 4.00. The molecule has 2 unspecified atom stereocenters. The lowest BCUT2D eigenvalue weighted by atomic mass is 9.84. The summed E-state index contributed by atoms with van der Waals surface area (Å²) in [6.07, 6.45) is 4.21. The quantitative estimate of drug-likeness (QED) is 0.889. The minimum atomic E-state index is -0.597. The van der Waals surface area contributed by atoms with Crippen molar-refractivity contribution in [2.45, 2.75) is 38.1 Å². The molecule has 1 aromatic carbocycles. The zero-order chi connectivity index (χ0) is 14.5. The first-order chi connectivity index (χ1) is 9.56. The molecule has 3 N–H and O–H groups in total. The summed E-state index contributed by atoms with van der Waals surface area (Å²) >= 11 is 0. The molecule has 0 spiro atoms. The van der Waals surface area contributed by atoms with Crippen LogP contribution in [0.5, 0.6) is 0 Å². The molecule has 3 nitrogen and oxygen atoms in total. The van der Waals surface area contributed by atoms with Crippen LogP contribution in [0.15, 0.2) is 18.2 Å². The molecule has 0 radical (unpaired) electrons. The number of rotatable bonds is 4. The summed E-state index contributed by atoms with van der Waals surface area (Å²) in [5.41, 5.74) is 6.48. The van der Waals surface area contributed by atoms with Gasteiger partial charge < -0.3 is 11.1 Å². The second-order valence-corrected chi connectivity index (χ2v) is 5.37. The van der Waals surface area contributed by atoms with Gasteiger partial charge in [-0.05, 0) is 37.0 Å². The normalized spacial score (nSPS) is 22.6. The van der Waals surface area contributed by atoms with Gasteiger partial charge in [0.25, 0.3) is 0 Å². The van der Waals surface area contributed by atoms with Gasteiger partial charge in [0, 0.05) is 18.7 Å². The van der Waals surface area contributed by atoms with E-state index in [4.69, 9.17) is 5.73 Å². The van der Waals surface area contributed by atoms with Crippen molar-refractivity contribution in [2.75, 3.05) is 6.54 Å². The van der Waals surface area contributed by atoms with Gasteiger partial charge in [-0.2, -0.15) is 0 Å². The van der Waals surface area contributed by atoms with Crippen LogP contribution in [0.4, 0.5) is 8.78 Å². The van der Waals surface area contributed by atoms with E-state index in [-0.39, 0.29) is 17.9 Å². The van der Waals surface area contributed by atoms with Gasteiger partial charge in [0.1, 0.15) is 11.6 Å². The molecular formula is C15H20F2N2O. The first-order valence-corrected chi connectivity index (χ1v) is 7.04. The van der Waals surface area contributed by atoms with E-state index in [2.05, 4.69) is 5.32 Å². The van der Waals surface area contributed by atoms with Crippen molar-refractivity contribution >= 4 is 5.91 Å². The SMILES string of the molecule is NC1CCCCC1C(=O)NCCc1cc(F)cc(F)c1. The highest BCUT2D eigenvalue weighted by atomic mass is 19.1. The van der Waals surface area contributed by atoms with Crippen LogP contribution in [0.25, 0.3) is 0 Å². The van der Waals surface area contributed by atoms with Crippen molar-refractivity contribution in [2.24, 2.45) is 11.7 Å². The first-order valence-electron chi connectivity index (χ1n) is 7.04. The maximum atomic E-state index is 13.0. The maximum absolute atomic E-state index is 13.0. The van der Waals surface area contributed by atoms with E-state index in [1.54, 1.807) is 0 Å². The van der Waals surface area contributed by atoms with Crippen LogP contribution in [0, 0.1) is 17.6 Å². The molecule has 0 aromatic heterocycles. The maximum Gasteiger partial charge on any atom is 0.224 e. The lowest BCUT2D eigenvalue weighted by Gasteiger charge is -2.27. The highest BCUT2D eigenvalue weighted by Crippen LogP contribution is 2.22. The summed E-state index contributed by atoms with van der Waals surface area (Å²) < 4.78 is 26.0. The van der Waals surface area contributed by atoms with E-state index in [1.165, 1.54) is 12.1 Å². The van der Waals surface area contributed by atoms with Crippen LogP contribution in [0.1, 0.15) is 31.2 Å². The number of carbonyl (C=O) groups is 1. The molecule has 2 rings (SSSR count). The average Bonchev–Trinajstić information content (AvgIpc) is 2.38. The smallest absolute Gasteiger partial charge is 0.224 e. The van der Waals surface area contributed by atoms with E-state index in [0.717, 1.165) is 31.7 Å². The van der Waals surface area contributed by atoms with Gasteiger partial charge in [0.05, 0.1) is 5.92 Å². The number of hydrogen-bond acceptors (Lipinski definition) is 2. The van der Waals surface area contributed by atoms with Crippen LogP contribution in [0.3, 0.4) is 0 Å². The topological polar surface area (TPSA) is 55.1 Å². The van der Waals surface area contributed by atoms with Crippen LogP contribution in [-0.2, 0) is 11.2 Å². The van der Waals surface area contributed by atoms with E-state index < -0.39 is 11.6 Å². The predicted octanol–water partition coefficient (Wildman–Crippen LogP) is 2.14. The fraction of sp³-hybridized carbons (Fsp3) is 0.533. The minimum absolute atomic E-state index is 0.0472. The molecule has 1 saturated carbocycles. The Balaban J connectivity index is 1.81. The molecule has 1 aliphatic carbocycles. The van der Waals surface area contributed by atoms with Crippen LogP contribution < -0.4 is 11.1 Å². The van der Waals surface area contributed by atoms with Crippen LogP contribution in [0.2, 0.25) is 0 Å². The summed E-state index contributed by atoms with van der Waals surface area (Å²) in [4.78, 5) is 12.0. The Kier molecular flexibility index (Phi) is 5.06. The Bertz CT molecular complexity index is 459. The van der Waals surface area contributed by atoms with Crippen molar-refractivity contribution < 1.29 is 13.6 Å². The summed E-state index contributed by atoms with van der Waals surface area (Å²) in [7, 11) is 0. The molecule has 1 aliphatic rings. The summed E-state index contributed by atoms with van der Waals surface area (Å²) in [5, 5.41) is 2.81. The Morgan fingerprint density at radius 2 is 1.85 bits per heavy atom. The Morgan fingerprint density at radius 3 is 2.50 bits per heavy atom. The lowest BCUT2D eigenvalue weighted by Crippen LogP contribution is -2.44. The third-order valence-electron chi connectivity index (χ3n) is 3.79. The van der Waals surface area contributed by atoms with Gasteiger partial charge in [-0.25, -0.2) is 8.78 Å². The van der Waals surface area contributed by atoms with Crippen LogP contribution in [-0.4, -0.2) is 18.5 Å². The molecule has 1 fully saturated rings. The number of halogens is 2. The van der Waals surface area contributed by atoms with Gasteiger partial charge in [-0.3, -0.25) is 4.79 Å². The number of nitrogens with two attached hydrogens (primary N) is 1. The summed E-state index contributed by atoms with van der Waals surface area (Å²) in [5.74, 6) is -1.37. The molecule has 1 amide bonds. The number of carbonyl (C=O) groups excluding carboxylic acids is 1. The van der Waals surface area contributed by atoms with Gasteiger partial charge in [-0.15, -0.1) is 0 Å². The van der Waals surface area contributed by atoms with Gasteiger partial charge >= 0.3 is 0 Å². The molecule has 2 atom stereocenters. The molecule has 0 saturated heterocycles. The van der Waals surface area contributed by atoms with Crippen molar-refractivity contribution in [1.29, 1.82) is 0 Å². The molecule has 110 valence electrons. The second-order valence-electron chi connectivity index (χ2n) is 5.37. The third-order valence-corrected chi connectivity index (χ3v) is 3.79. The molecule has 5 heteroatoms. The first kappa shape index (κ1) is 14.9. The molecule has 20 heavy (non-hydrogen) atoms. The van der Waals surface area contributed by atoms with Crippen molar-refractivity contribution in [1.82, 2.24) is 5.32 Å². The summed E-state index contributed by atoms with van der Waals surface area (Å²) in [6.45, 7) is 0.366. The van der Waals surface area contributed by atoms with E-state index in [9.17, 15) is 13.6 Å². The fourth-order valence-electron chi connectivity index (χ4n) is 2.70. The summed E-state index contributed by atoms with van der Waals surface area (Å²) in [6, 6.07) is 3.32. The van der Waals surface area contributed by atoms with Gasteiger partial charge in [-0.1, -0.05) is 12.8 Å². The number of amides is 1. The highest BCUT2D eigenvalue weighted by Gasteiger charge is 2.27. The molecular weight excluding hydrogens is 262 g/mol. The van der Waals surface area contributed by atoms with E-state index in [0.29, 0.717) is 18.5 Å². The molecule has 0 aliphatic heterocycles. The predicted molar refractivity (Wildman–Crippen MR) is 73.0 cm³/mol. The van der Waals surface area contributed by atoms with Gasteiger partial charge in [0.15, 0.2) is 0 Å². The zero-order valence-electron chi connectivity index (χ0n) is 11.4. The largest absolute Gasteiger partial charge is 0.355 e. The van der Waals surface area contributed by atoms with Crippen LogP contribution >= 0.6 is 0 Å². The monoisotopic (exact) mass is 282 g/mol. The minimum Gasteiger partial charge on any atom is -0.355 e. The second kappa shape index (κ2) is 6.79. The van der Waals surface area contributed by atoms with Gasteiger partial charge in [0.2, 0.25) is 5.91 Å². The lowest BCUT2D eigenvalue weighted by molar-refractivity contribution is -0.126.